The number of aromatic nitrogens is 2. The third-order valence-electron chi connectivity index (χ3n) is 3.43. The van der Waals surface area contributed by atoms with E-state index in [-0.39, 0.29) is 12.6 Å². The summed E-state index contributed by atoms with van der Waals surface area (Å²) in [6.07, 6.45) is 1.60. The second-order valence-corrected chi connectivity index (χ2v) is 4.84. The number of aliphatic hydroxyl groups is 1. The molecular formula is C14H19N3O3. The van der Waals surface area contributed by atoms with Crippen LogP contribution in [-0.2, 0) is 11.8 Å². The van der Waals surface area contributed by atoms with Gasteiger partial charge in [-0.1, -0.05) is 13.0 Å². The second-order valence-electron chi connectivity index (χ2n) is 4.84. The summed E-state index contributed by atoms with van der Waals surface area (Å²) < 4.78 is 1.91. The van der Waals surface area contributed by atoms with E-state index < -0.39 is 12.1 Å². The number of carboxylic acids is 1. The molecule has 0 saturated carbocycles. The second kappa shape index (κ2) is 6.02. The van der Waals surface area contributed by atoms with Gasteiger partial charge >= 0.3 is 5.97 Å². The van der Waals surface area contributed by atoms with Crippen LogP contribution < -0.4 is 5.32 Å². The van der Waals surface area contributed by atoms with Crippen molar-refractivity contribution in [2.75, 3.05) is 6.54 Å². The van der Waals surface area contributed by atoms with Crippen LogP contribution in [0.25, 0.3) is 11.0 Å². The van der Waals surface area contributed by atoms with Gasteiger partial charge < -0.3 is 20.1 Å². The van der Waals surface area contributed by atoms with Gasteiger partial charge in [0.15, 0.2) is 0 Å². The molecule has 0 aliphatic rings. The van der Waals surface area contributed by atoms with E-state index in [9.17, 15) is 9.90 Å². The van der Waals surface area contributed by atoms with Gasteiger partial charge in [0, 0.05) is 13.1 Å². The molecule has 0 fully saturated rings. The van der Waals surface area contributed by atoms with Crippen LogP contribution in [0.3, 0.4) is 0 Å². The van der Waals surface area contributed by atoms with Gasteiger partial charge in [-0.2, -0.15) is 0 Å². The quantitative estimate of drug-likeness (QED) is 0.735. The maximum Gasteiger partial charge on any atom is 0.317 e. The number of aliphatic hydroxyl groups excluding tert-OH is 1. The van der Waals surface area contributed by atoms with Gasteiger partial charge in [-0.15, -0.1) is 0 Å². The van der Waals surface area contributed by atoms with Gasteiger partial charge in [0.2, 0.25) is 0 Å². The molecule has 6 heteroatoms. The predicted molar refractivity (Wildman–Crippen MR) is 75.4 cm³/mol. The Morgan fingerprint density at radius 3 is 2.90 bits per heavy atom. The Morgan fingerprint density at radius 1 is 1.50 bits per heavy atom. The number of aryl methyl sites for hydroxylation is 1. The standard InChI is InChI=1S/C14H19N3O3/c1-3-10(15-7-13(18)19)14(20)9-4-5-12-11(6-9)16-8-17(12)2/h4-6,8,10,14-15,20H,3,7H2,1-2H3,(H,18,19). The van der Waals surface area contributed by atoms with Crippen molar-refractivity contribution < 1.29 is 15.0 Å². The normalized spacial score (nSPS) is 14.3. The smallest absolute Gasteiger partial charge is 0.317 e. The minimum atomic E-state index is -0.934. The van der Waals surface area contributed by atoms with Crippen LogP contribution in [0.15, 0.2) is 24.5 Å². The first-order valence-corrected chi connectivity index (χ1v) is 6.57. The van der Waals surface area contributed by atoms with E-state index in [2.05, 4.69) is 10.3 Å². The maximum atomic E-state index is 10.6. The minimum Gasteiger partial charge on any atom is -0.480 e. The Balaban J connectivity index is 2.19. The number of benzene rings is 1. The molecule has 0 spiro atoms. The lowest BCUT2D eigenvalue weighted by Gasteiger charge is -2.22. The topological polar surface area (TPSA) is 87.4 Å². The number of nitrogens with one attached hydrogen (secondary N) is 1. The molecule has 108 valence electrons. The minimum absolute atomic E-state index is 0.165. The highest BCUT2D eigenvalue weighted by Gasteiger charge is 2.20. The fraction of sp³-hybridized carbons (Fsp3) is 0.429. The number of fused-ring (bicyclic) bond motifs is 1. The Labute approximate surface area is 117 Å². The summed E-state index contributed by atoms with van der Waals surface area (Å²) in [4.78, 5) is 14.9. The van der Waals surface area contributed by atoms with Gasteiger partial charge in [0.1, 0.15) is 0 Å². The van der Waals surface area contributed by atoms with E-state index in [0.29, 0.717) is 6.42 Å². The number of hydrogen-bond acceptors (Lipinski definition) is 4. The Hall–Kier alpha value is -1.92. The van der Waals surface area contributed by atoms with Crippen LogP contribution in [0.1, 0.15) is 25.0 Å². The molecule has 2 atom stereocenters. The third kappa shape index (κ3) is 2.97. The number of rotatable bonds is 6. The summed E-state index contributed by atoms with van der Waals surface area (Å²) >= 11 is 0. The molecule has 0 aliphatic carbocycles. The van der Waals surface area contributed by atoms with Crippen LogP contribution in [0, 0.1) is 0 Å². The molecule has 3 N–H and O–H groups in total. The zero-order chi connectivity index (χ0) is 14.7. The van der Waals surface area contributed by atoms with E-state index in [1.165, 1.54) is 0 Å². The number of carboxylic acid groups (broad SMARTS) is 1. The van der Waals surface area contributed by atoms with Gasteiger partial charge in [-0.3, -0.25) is 4.79 Å². The van der Waals surface area contributed by atoms with Crippen LogP contribution >= 0.6 is 0 Å². The van der Waals surface area contributed by atoms with Crippen LogP contribution in [-0.4, -0.2) is 38.3 Å². The van der Waals surface area contributed by atoms with Gasteiger partial charge in [-0.25, -0.2) is 4.98 Å². The molecule has 0 aliphatic heterocycles. The average molecular weight is 277 g/mol. The van der Waals surface area contributed by atoms with Gasteiger partial charge in [-0.05, 0) is 24.1 Å². The average Bonchev–Trinajstić information content (AvgIpc) is 2.80. The summed E-state index contributed by atoms with van der Waals surface area (Å²) in [5.74, 6) is -0.934. The fourth-order valence-electron chi connectivity index (χ4n) is 2.27. The first-order chi connectivity index (χ1) is 9.52. The molecule has 1 heterocycles. The molecule has 20 heavy (non-hydrogen) atoms. The van der Waals surface area contributed by atoms with Crippen molar-refractivity contribution in [2.24, 2.45) is 7.05 Å². The summed E-state index contributed by atoms with van der Waals surface area (Å²) in [7, 11) is 1.91. The number of aliphatic carboxylic acids is 1. The monoisotopic (exact) mass is 277 g/mol. The van der Waals surface area contributed by atoms with E-state index in [1.807, 2.05) is 36.7 Å². The summed E-state index contributed by atoms with van der Waals surface area (Å²) in [5.41, 5.74) is 2.55. The van der Waals surface area contributed by atoms with Crippen molar-refractivity contribution in [1.29, 1.82) is 0 Å². The van der Waals surface area contributed by atoms with Crippen LogP contribution in [0.5, 0.6) is 0 Å². The van der Waals surface area contributed by atoms with E-state index >= 15 is 0 Å². The summed E-state index contributed by atoms with van der Waals surface area (Å²) in [5, 5.41) is 21.9. The maximum absolute atomic E-state index is 10.6. The molecule has 0 saturated heterocycles. The fourth-order valence-corrected chi connectivity index (χ4v) is 2.27. The van der Waals surface area contributed by atoms with Crippen LogP contribution in [0.2, 0.25) is 0 Å². The molecule has 1 aromatic carbocycles. The van der Waals surface area contributed by atoms with Crippen molar-refractivity contribution in [1.82, 2.24) is 14.9 Å². The first kappa shape index (κ1) is 14.5. The lowest BCUT2D eigenvalue weighted by Crippen LogP contribution is -2.37. The number of nitrogens with zero attached hydrogens (tertiary/aromatic N) is 2. The van der Waals surface area contributed by atoms with E-state index in [1.54, 1.807) is 6.33 Å². The lowest BCUT2D eigenvalue weighted by molar-refractivity contribution is -0.136. The third-order valence-corrected chi connectivity index (χ3v) is 3.43. The molecule has 6 nitrogen and oxygen atoms in total. The van der Waals surface area contributed by atoms with E-state index in [4.69, 9.17) is 5.11 Å². The molecule has 0 bridgehead atoms. The molecule has 2 aromatic rings. The number of imidazole rings is 1. The lowest BCUT2D eigenvalue weighted by atomic mass is 10.00. The van der Waals surface area contributed by atoms with Gasteiger partial charge in [0.25, 0.3) is 0 Å². The van der Waals surface area contributed by atoms with Gasteiger partial charge in [0.05, 0.1) is 30.0 Å². The molecular weight excluding hydrogens is 258 g/mol. The molecule has 1 aromatic heterocycles. The largest absolute Gasteiger partial charge is 0.480 e. The highest BCUT2D eigenvalue weighted by molar-refractivity contribution is 5.76. The Kier molecular flexibility index (Phi) is 4.36. The van der Waals surface area contributed by atoms with Crippen molar-refractivity contribution in [3.8, 4) is 0 Å². The SMILES string of the molecule is CCC(NCC(=O)O)C(O)c1ccc2c(c1)ncn2C. The molecule has 0 radical (unpaired) electrons. The summed E-state index contributed by atoms with van der Waals surface area (Å²) in [6.45, 7) is 1.74. The highest BCUT2D eigenvalue weighted by atomic mass is 16.4. The van der Waals surface area contributed by atoms with Crippen molar-refractivity contribution in [2.45, 2.75) is 25.5 Å². The van der Waals surface area contributed by atoms with Crippen molar-refractivity contribution in [3.05, 3.63) is 30.1 Å². The highest BCUT2D eigenvalue weighted by Crippen LogP contribution is 2.22. The molecule has 2 rings (SSSR count). The molecule has 0 amide bonds. The number of hydrogen-bond donors (Lipinski definition) is 3. The summed E-state index contributed by atoms with van der Waals surface area (Å²) in [6, 6.07) is 5.29. The predicted octanol–water partition coefficient (Wildman–Crippen LogP) is 1.06. The Bertz CT molecular complexity index is 609. The Morgan fingerprint density at radius 2 is 2.25 bits per heavy atom. The van der Waals surface area contributed by atoms with Crippen LogP contribution in [0.4, 0.5) is 0 Å². The molecule has 2 unspecified atom stereocenters. The van der Waals surface area contributed by atoms with E-state index in [0.717, 1.165) is 16.6 Å². The zero-order valence-electron chi connectivity index (χ0n) is 11.6. The number of carbonyl (C=O) groups is 1. The zero-order valence-corrected chi connectivity index (χ0v) is 11.6. The first-order valence-electron chi connectivity index (χ1n) is 6.57. The van der Waals surface area contributed by atoms with Crippen molar-refractivity contribution >= 4 is 17.0 Å². The van der Waals surface area contributed by atoms with Crippen molar-refractivity contribution in [3.63, 3.8) is 0 Å².